The first kappa shape index (κ1) is 16.4. The Labute approximate surface area is 117 Å². The lowest BCUT2D eigenvalue weighted by atomic mass is 9.97. The minimum atomic E-state index is 0.140. The second-order valence-corrected chi connectivity index (χ2v) is 5.22. The molecule has 0 bridgehead atoms. The van der Waals surface area contributed by atoms with Crippen molar-refractivity contribution in [1.82, 2.24) is 15.5 Å². The quantitative estimate of drug-likeness (QED) is 0.598. The number of rotatable bonds is 9. The SMILES string of the molecule is CCNCC1CCN(CC(=O)NCCCOC)CC1. The van der Waals surface area contributed by atoms with Gasteiger partial charge in [0.2, 0.25) is 5.91 Å². The van der Waals surface area contributed by atoms with E-state index in [1.807, 2.05) is 0 Å². The van der Waals surface area contributed by atoms with Crippen LogP contribution in [0.1, 0.15) is 26.2 Å². The molecule has 0 aliphatic carbocycles. The standard InChI is InChI=1S/C14H29N3O2/c1-3-15-11-13-5-8-17(9-6-13)12-14(18)16-7-4-10-19-2/h13,15H,3-12H2,1-2H3,(H,16,18). The third-order valence-electron chi connectivity index (χ3n) is 3.60. The first-order valence-corrected chi connectivity index (χ1v) is 7.45. The van der Waals surface area contributed by atoms with Crippen LogP contribution in [0.4, 0.5) is 0 Å². The number of amides is 1. The lowest BCUT2D eigenvalue weighted by molar-refractivity contribution is -0.122. The fourth-order valence-corrected chi connectivity index (χ4v) is 2.40. The normalized spacial score (nSPS) is 17.6. The number of nitrogens with zero attached hydrogens (tertiary/aromatic N) is 1. The van der Waals surface area contributed by atoms with Crippen molar-refractivity contribution in [2.24, 2.45) is 5.92 Å². The zero-order chi connectivity index (χ0) is 13.9. The molecule has 0 radical (unpaired) electrons. The van der Waals surface area contributed by atoms with Crippen LogP contribution in [0.15, 0.2) is 0 Å². The molecule has 2 N–H and O–H groups in total. The van der Waals surface area contributed by atoms with E-state index in [0.717, 1.165) is 38.5 Å². The fraction of sp³-hybridized carbons (Fsp3) is 0.929. The Morgan fingerprint density at radius 1 is 1.37 bits per heavy atom. The number of hydrogen-bond donors (Lipinski definition) is 2. The van der Waals surface area contributed by atoms with Gasteiger partial charge in [-0.2, -0.15) is 0 Å². The van der Waals surface area contributed by atoms with Gasteiger partial charge in [-0.25, -0.2) is 0 Å². The van der Waals surface area contributed by atoms with E-state index in [1.54, 1.807) is 7.11 Å². The maximum absolute atomic E-state index is 11.7. The molecule has 0 spiro atoms. The van der Waals surface area contributed by atoms with Crippen molar-refractivity contribution in [3.63, 3.8) is 0 Å². The minimum Gasteiger partial charge on any atom is -0.385 e. The average Bonchev–Trinajstić information content (AvgIpc) is 2.43. The van der Waals surface area contributed by atoms with Crippen LogP contribution >= 0.6 is 0 Å². The van der Waals surface area contributed by atoms with E-state index in [-0.39, 0.29) is 5.91 Å². The molecule has 0 aromatic heterocycles. The van der Waals surface area contributed by atoms with Crippen LogP contribution in [-0.4, -0.2) is 63.8 Å². The molecule has 1 heterocycles. The van der Waals surface area contributed by atoms with Crippen molar-refractivity contribution >= 4 is 5.91 Å². The van der Waals surface area contributed by atoms with Gasteiger partial charge in [-0.05, 0) is 51.4 Å². The van der Waals surface area contributed by atoms with Crippen LogP contribution in [0.25, 0.3) is 0 Å². The van der Waals surface area contributed by atoms with E-state index >= 15 is 0 Å². The molecule has 5 heteroatoms. The molecule has 1 aliphatic rings. The number of ether oxygens (including phenoxy) is 1. The van der Waals surface area contributed by atoms with Crippen molar-refractivity contribution in [3.05, 3.63) is 0 Å². The molecule has 0 saturated carbocycles. The molecule has 1 saturated heterocycles. The Hall–Kier alpha value is -0.650. The number of nitrogens with one attached hydrogen (secondary N) is 2. The van der Waals surface area contributed by atoms with Gasteiger partial charge in [0.25, 0.3) is 0 Å². The first-order chi connectivity index (χ1) is 9.26. The van der Waals surface area contributed by atoms with Crippen LogP contribution in [0, 0.1) is 5.92 Å². The van der Waals surface area contributed by atoms with Crippen molar-refractivity contribution in [3.8, 4) is 0 Å². The largest absolute Gasteiger partial charge is 0.385 e. The fourth-order valence-electron chi connectivity index (χ4n) is 2.40. The molecule has 0 aromatic carbocycles. The van der Waals surface area contributed by atoms with Gasteiger partial charge < -0.3 is 15.4 Å². The minimum absolute atomic E-state index is 0.140. The Kier molecular flexibility index (Phi) is 8.79. The Morgan fingerprint density at radius 2 is 2.11 bits per heavy atom. The highest BCUT2D eigenvalue weighted by Crippen LogP contribution is 2.15. The predicted octanol–water partition coefficient (Wildman–Crippen LogP) is 0.461. The van der Waals surface area contributed by atoms with Crippen molar-refractivity contribution < 1.29 is 9.53 Å². The molecule has 19 heavy (non-hydrogen) atoms. The van der Waals surface area contributed by atoms with Crippen LogP contribution in [-0.2, 0) is 9.53 Å². The van der Waals surface area contributed by atoms with E-state index in [1.165, 1.54) is 12.8 Å². The van der Waals surface area contributed by atoms with Crippen LogP contribution in [0.2, 0.25) is 0 Å². The Balaban J connectivity index is 2.06. The van der Waals surface area contributed by atoms with E-state index in [9.17, 15) is 4.79 Å². The zero-order valence-corrected chi connectivity index (χ0v) is 12.4. The monoisotopic (exact) mass is 271 g/mol. The van der Waals surface area contributed by atoms with Crippen molar-refractivity contribution in [2.45, 2.75) is 26.2 Å². The van der Waals surface area contributed by atoms with E-state index in [2.05, 4.69) is 22.5 Å². The third-order valence-corrected chi connectivity index (χ3v) is 3.60. The van der Waals surface area contributed by atoms with Crippen molar-refractivity contribution in [1.29, 1.82) is 0 Å². The summed E-state index contributed by atoms with van der Waals surface area (Å²) in [6.07, 6.45) is 3.28. The number of piperidine rings is 1. The summed E-state index contributed by atoms with van der Waals surface area (Å²) in [5.74, 6) is 0.919. The summed E-state index contributed by atoms with van der Waals surface area (Å²) in [6, 6.07) is 0. The van der Waals surface area contributed by atoms with Crippen LogP contribution < -0.4 is 10.6 Å². The van der Waals surface area contributed by atoms with Crippen LogP contribution in [0.5, 0.6) is 0 Å². The molecular formula is C14H29N3O2. The smallest absolute Gasteiger partial charge is 0.234 e. The van der Waals surface area contributed by atoms with Gasteiger partial charge in [0.05, 0.1) is 6.54 Å². The third kappa shape index (κ3) is 7.50. The highest BCUT2D eigenvalue weighted by Gasteiger charge is 2.20. The van der Waals surface area contributed by atoms with Gasteiger partial charge in [0, 0.05) is 20.3 Å². The van der Waals surface area contributed by atoms with E-state index < -0.39 is 0 Å². The number of carbonyl (C=O) groups is 1. The molecule has 1 fully saturated rings. The second kappa shape index (κ2) is 10.2. The second-order valence-electron chi connectivity index (χ2n) is 5.22. The van der Waals surface area contributed by atoms with E-state index in [4.69, 9.17) is 4.74 Å². The molecular weight excluding hydrogens is 242 g/mol. The number of likely N-dealkylation sites (tertiary alicyclic amines) is 1. The lowest BCUT2D eigenvalue weighted by Gasteiger charge is -2.31. The van der Waals surface area contributed by atoms with Gasteiger partial charge in [0.1, 0.15) is 0 Å². The Morgan fingerprint density at radius 3 is 2.74 bits per heavy atom. The molecule has 1 amide bonds. The maximum Gasteiger partial charge on any atom is 0.234 e. The molecule has 0 aromatic rings. The van der Waals surface area contributed by atoms with Gasteiger partial charge in [-0.1, -0.05) is 6.92 Å². The van der Waals surface area contributed by atoms with Crippen molar-refractivity contribution in [2.75, 3.05) is 53.0 Å². The highest BCUT2D eigenvalue weighted by atomic mass is 16.5. The summed E-state index contributed by atoms with van der Waals surface area (Å²) >= 11 is 0. The summed E-state index contributed by atoms with van der Waals surface area (Å²) < 4.78 is 4.95. The first-order valence-electron chi connectivity index (χ1n) is 7.45. The summed E-state index contributed by atoms with van der Waals surface area (Å²) in [6.45, 7) is 8.35. The molecule has 5 nitrogen and oxygen atoms in total. The van der Waals surface area contributed by atoms with Gasteiger partial charge >= 0.3 is 0 Å². The highest BCUT2D eigenvalue weighted by molar-refractivity contribution is 5.77. The average molecular weight is 271 g/mol. The van der Waals surface area contributed by atoms with Gasteiger partial charge in [-0.15, -0.1) is 0 Å². The number of carbonyl (C=O) groups excluding carboxylic acids is 1. The summed E-state index contributed by atoms with van der Waals surface area (Å²) in [4.78, 5) is 14.0. The number of methoxy groups -OCH3 is 1. The van der Waals surface area contributed by atoms with Crippen LogP contribution in [0.3, 0.4) is 0 Å². The van der Waals surface area contributed by atoms with E-state index in [0.29, 0.717) is 19.7 Å². The molecule has 1 aliphatic heterocycles. The number of hydrogen-bond acceptors (Lipinski definition) is 4. The summed E-state index contributed by atoms with van der Waals surface area (Å²) in [5, 5.41) is 6.34. The zero-order valence-electron chi connectivity index (χ0n) is 12.4. The lowest BCUT2D eigenvalue weighted by Crippen LogP contribution is -2.43. The molecule has 0 unspecified atom stereocenters. The topological polar surface area (TPSA) is 53.6 Å². The predicted molar refractivity (Wildman–Crippen MR) is 77.2 cm³/mol. The Bertz CT molecular complexity index is 241. The van der Waals surface area contributed by atoms with Gasteiger partial charge in [0.15, 0.2) is 0 Å². The molecule has 0 atom stereocenters. The van der Waals surface area contributed by atoms with Gasteiger partial charge in [-0.3, -0.25) is 9.69 Å². The maximum atomic E-state index is 11.7. The summed E-state index contributed by atoms with van der Waals surface area (Å²) in [5.41, 5.74) is 0. The summed E-state index contributed by atoms with van der Waals surface area (Å²) in [7, 11) is 1.68. The molecule has 1 rings (SSSR count). The molecule has 112 valence electrons.